The van der Waals surface area contributed by atoms with Gasteiger partial charge in [-0.3, -0.25) is 4.79 Å². The molecular formula is C12H16Cl2N2O3. The van der Waals surface area contributed by atoms with Gasteiger partial charge in [-0.2, -0.15) is 0 Å². The van der Waals surface area contributed by atoms with Gasteiger partial charge in [-0.15, -0.1) is 0 Å². The van der Waals surface area contributed by atoms with Gasteiger partial charge in [-0.1, -0.05) is 23.2 Å². The van der Waals surface area contributed by atoms with Crippen molar-refractivity contribution in [1.82, 2.24) is 0 Å². The molecule has 0 fully saturated rings. The van der Waals surface area contributed by atoms with Crippen LogP contribution in [0.15, 0.2) is 12.1 Å². The predicted molar refractivity (Wildman–Crippen MR) is 76.8 cm³/mol. The summed E-state index contributed by atoms with van der Waals surface area (Å²) in [5.41, 5.74) is 6.38. The quantitative estimate of drug-likeness (QED) is 0.626. The minimum absolute atomic E-state index is 0.280. The highest BCUT2D eigenvalue weighted by Gasteiger charge is 2.16. The summed E-state index contributed by atoms with van der Waals surface area (Å²) in [6.07, 6.45) is -0.638. The number of rotatable bonds is 6. The molecule has 5 nitrogen and oxygen atoms in total. The number of methoxy groups -OCH3 is 1. The van der Waals surface area contributed by atoms with E-state index >= 15 is 0 Å². The lowest BCUT2D eigenvalue weighted by atomic mass is 10.2. The number of hydrogen-bond acceptors (Lipinski definition) is 4. The molecule has 0 saturated heterocycles. The molecule has 0 spiro atoms. The molecule has 19 heavy (non-hydrogen) atoms. The molecule has 1 unspecified atom stereocenters. The zero-order valence-corrected chi connectivity index (χ0v) is 12.2. The molecule has 0 heterocycles. The number of benzene rings is 1. The summed E-state index contributed by atoms with van der Waals surface area (Å²) < 4.78 is 10.1. The summed E-state index contributed by atoms with van der Waals surface area (Å²) in [5.74, 6) is -0.341. The summed E-state index contributed by atoms with van der Waals surface area (Å²) >= 11 is 11.8. The van der Waals surface area contributed by atoms with Crippen LogP contribution in [-0.2, 0) is 14.3 Å². The van der Waals surface area contributed by atoms with Gasteiger partial charge in [0, 0.05) is 12.1 Å². The molecule has 0 aliphatic heterocycles. The number of anilines is 2. The van der Waals surface area contributed by atoms with Crippen molar-refractivity contribution < 1.29 is 14.3 Å². The number of hydrogen-bond donors (Lipinski definition) is 2. The smallest absolute Gasteiger partial charge is 0.253 e. The number of carbonyl (C=O) groups is 1. The monoisotopic (exact) mass is 306 g/mol. The largest absolute Gasteiger partial charge is 0.397 e. The summed E-state index contributed by atoms with van der Waals surface area (Å²) in [4.78, 5) is 11.9. The van der Waals surface area contributed by atoms with E-state index in [-0.39, 0.29) is 10.9 Å². The first kappa shape index (κ1) is 16.0. The number of nitrogen functional groups attached to an aromatic ring is 1. The van der Waals surface area contributed by atoms with Crippen LogP contribution in [-0.4, -0.2) is 32.3 Å². The number of amides is 1. The van der Waals surface area contributed by atoms with E-state index in [1.54, 1.807) is 14.0 Å². The molecule has 7 heteroatoms. The second-order valence-corrected chi connectivity index (χ2v) is 4.69. The molecule has 0 aromatic heterocycles. The van der Waals surface area contributed by atoms with E-state index in [2.05, 4.69) is 5.32 Å². The Morgan fingerprint density at radius 1 is 1.42 bits per heavy atom. The lowest BCUT2D eigenvalue weighted by Crippen LogP contribution is -2.29. The van der Waals surface area contributed by atoms with Gasteiger partial charge < -0.3 is 20.5 Å². The van der Waals surface area contributed by atoms with Gasteiger partial charge in [-0.25, -0.2) is 0 Å². The first-order chi connectivity index (χ1) is 8.95. The van der Waals surface area contributed by atoms with Gasteiger partial charge in [0.05, 0.1) is 29.6 Å². The van der Waals surface area contributed by atoms with Crippen LogP contribution in [0.3, 0.4) is 0 Å². The maximum Gasteiger partial charge on any atom is 0.253 e. The fraction of sp³-hybridized carbons (Fsp3) is 0.417. The van der Waals surface area contributed by atoms with E-state index < -0.39 is 6.10 Å². The Kier molecular flexibility index (Phi) is 6.37. The average molecular weight is 307 g/mol. The van der Waals surface area contributed by atoms with Crippen molar-refractivity contribution in [1.29, 1.82) is 0 Å². The average Bonchev–Trinajstić information content (AvgIpc) is 2.33. The summed E-state index contributed by atoms with van der Waals surface area (Å²) in [7, 11) is 1.56. The lowest BCUT2D eigenvalue weighted by Gasteiger charge is -2.15. The molecule has 0 aliphatic rings. The summed E-state index contributed by atoms with van der Waals surface area (Å²) in [6.45, 7) is 2.38. The van der Waals surface area contributed by atoms with Crippen molar-refractivity contribution in [3.63, 3.8) is 0 Å². The Morgan fingerprint density at radius 2 is 2.11 bits per heavy atom. The lowest BCUT2D eigenvalue weighted by molar-refractivity contribution is -0.127. The van der Waals surface area contributed by atoms with E-state index in [1.807, 2.05) is 0 Å². The highest BCUT2D eigenvalue weighted by molar-refractivity contribution is 6.37. The van der Waals surface area contributed by atoms with E-state index in [9.17, 15) is 4.79 Å². The first-order valence-corrected chi connectivity index (χ1v) is 6.37. The standard InChI is InChI=1S/C12H16Cl2N2O3/c1-7(19-4-3-18-2)12(17)16-11-9(14)5-8(13)6-10(11)15/h5-7H,3-4,15H2,1-2H3,(H,16,17). The third-order valence-electron chi connectivity index (χ3n) is 2.36. The van der Waals surface area contributed by atoms with Gasteiger partial charge in [0.1, 0.15) is 6.10 Å². The molecular weight excluding hydrogens is 291 g/mol. The van der Waals surface area contributed by atoms with Crippen molar-refractivity contribution in [3.05, 3.63) is 22.2 Å². The van der Waals surface area contributed by atoms with Gasteiger partial charge in [-0.05, 0) is 19.1 Å². The van der Waals surface area contributed by atoms with Crippen molar-refractivity contribution in [2.45, 2.75) is 13.0 Å². The molecule has 1 rings (SSSR count). The second kappa shape index (κ2) is 7.55. The highest BCUT2D eigenvalue weighted by atomic mass is 35.5. The Balaban J connectivity index is 2.66. The molecule has 1 aromatic carbocycles. The number of carbonyl (C=O) groups excluding carboxylic acids is 1. The molecule has 3 N–H and O–H groups in total. The minimum Gasteiger partial charge on any atom is -0.397 e. The molecule has 0 bridgehead atoms. The zero-order valence-electron chi connectivity index (χ0n) is 10.7. The van der Waals surface area contributed by atoms with Crippen LogP contribution < -0.4 is 11.1 Å². The maximum absolute atomic E-state index is 11.9. The zero-order chi connectivity index (χ0) is 14.4. The third kappa shape index (κ3) is 4.87. The minimum atomic E-state index is -0.638. The SMILES string of the molecule is COCCOC(C)C(=O)Nc1c(N)cc(Cl)cc1Cl. The van der Waals surface area contributed by atoms with Crippen molar-refractivity contribution in [2.24, 2.45) is 0 Å². The maximum atomic E-state index is 11.9. The Bertz CT molecular complexity index is 432. The topological polar surface area (TPSA) is 73.6 Å². The van der Waals surface area contributed by atoms with Gasteiger partial charge in [0.15, 0.2) is 0 Å². The number of nitrogens with one attached hydrogen (secondary N) is 1. The summed E-state index contributed by atoms with van der Waals surface area (Å²) in [5, 5.41) is 3.30. The van der Waals surface area contributed by atoms with Crippen LogP contribution in [0.25, 0.3) is 0 Å². The predicted octanol–water partition coefficient (Wildman–Crippen LogP) is 2.57. The highest BCUT2D eigenvalue weighted by Crippen LogP contribution is 2.32. The molecule has 0 radical (unpaired) electrons. The van der Waals surface area contributed by atoms with E-state index in [0.29, 0.717) is 29.6 Å². The van der Waals surface area contributed by atoms with Crippen LogP contribution in [0.2, 0.25) is 10.0 Å². The molecule has 1 aromatic rings. The molecule has 1 atom stereocenters. The fourth-order valence-electron chi connectivity index (χ4n) is 1.33. The Labute approximate surface area is 122 Å². The second-order valence-electron chi connectivity index (χ2n) is 3.85. The van der Waals surface area contributed by atoms with Crippen molar-refractivity contribution in [3.8, 4) is 0 Å². The van der Waals surface area contributed by atoms with Crippen LogP contribution in [0.4, 0.5) is 11.4 Å². The van der Waals surface area contributed by atoms with Gasteiger partial charge in [0.25, 0.3) is 5.91 Å². The van der Waals surface area contributed by atoms with Gasteiger partial charge in [0.2, 0.25) is 0 Å². The Hall–Kier alpha value is -1.01. The summed E-state index contributed by atoms with van der Waals surface area (Å²) in [6, 6.07) is 3.02. The number of ether oxygens (including phenoxy) is 2. The van der Waals surface area contributed by atoms with E-state index in [4.69, 9.17) is 38.4 Å². The van der Waals surface area contributed by atoms with Crippen LogP contribution >= 0.6 is 23.2 Å². The Morgan fingerprint density at radius 3 is 2.68 bits per heavy atom. The molecule has 0 aliphatic carbocycles. The number of nitrogens with two attached hydrogens (primary N) is 1. The third-order valence-corrected chi connectivity index (χ3v) is 2.87. The van der Waals surface area contributed by atoms with Gasteiger partial charge >= 0.3 is 0 Å². The van der Waals surface area contributed by atoms with Crippen molar-refractivity contribution in [2.75, 3.05) is 31.4 Å². The molecule has 0 saturated carbocycles. The fourth-order valence-corrected chi connectivity index (χ4v) is 1.89. The molecule has 106 valence electrons. The van der Waals surface area contributed by atoms with Crippen LogP contribution in [0, 0.1) is 0 Å². The van der Waals surface area contributed by atoms with Crippen LogP contribution in [0.1, 0.15) is 6.92 Å². The molecule has 1 amide bonds. The van der Waals surface area contributed by atoms with E-state index in [1.165, 1.54) is 12.1 Å². The van der Waals surface area contributed by atoms with Crippen molar-refractivity contribution >= 4 is 40.5 Å². The number of halogens is 2. The van der Waals surface area contributed by atoms with Crippen LogP contribution in [0.5, 0.6) is 0 Å². The van der Waals surface area contributed by atoms with E-state index in [0.717, 1.165) is 0 Å². The normalized spacial score (nSPS) is 12.2. The first-order valence-electron chi connectivity index (χ1n) is 5.61.